The maximum atomic E-state index is 12.9. The second-order valence-electron chi connectivity index (χ2n) is 4.99. The molecular formula is C20H16OS. The minimum Gasteiger partial charge on any atom is -0.286 e. The van der Waals surface area contributed by atoms with Crippen LogP contribution in [0.2, 0.25) is 0 Å². The van der Waals surface area contributed by atoms with E-state index in [0.29, 0.717) is 0 Å². The highest BCUT2D eigenvalue weighted by molar-refractivity contribution is 8.13. The van der Waals surface area contributed by atoms with Gasteiger partial charge in [0.25, 0.3) is 0 Å². The number of carbonyl (C=O) groups is 1. The molecule has 0 saturated carbocycles. The molecule has 22 heavy (non-hydrogen) atoms. The van der Waals surface area contributed by atoms with Gasteiger partial charge in [0, 0.05) is 4.90 Å². The van der Waals surface area contributed by atoms with Crippen molar-refractivity contribution in [2.24, 2.45) is 0 Å². The summed E-state index contributed by atoms with van der Waals surface area (Å²) >= 11 is 1.30. The van der Waals surface area contributed by atoms with Crippen LogP contribution in [0.4, 0.5) is 0 Å². The van der Waals surface area contributed by atoms with E-state index in [-0.39, 0.29) is 11.0 Å². The van der Waals surface area contributed by atoms with Crippen molar-refractivity contribution >= 4 is 16.9 Å². The standard InChI is InChI=1S/C20H16OS/c21-20(22-18-14-8-3-9-15-18)19(16-10-4-1-5-11-16)17-12-6-2-7-13-17/h1-15,19H. The number of hydrogen-bond donors (Lipinski definition) is 0. The monoisotopic (exact) mass is 304 g/mol. The number of benzene rings is 3. The summed E-state index contributed by atoms with van der Waals surface area (Å²) < 4.78 is 0. The van der Waals surface area contributed by atoms with Gasteiger partial charge in [-0.25, -0.2) is 0 Å². The van der Waals surface area contributed by atoms with Gasteiger partial charge in [-0.3, -0.25) is 4.79 Å². The van der Waals surface area contributed by atoms with Gasteiger partial charge in [0.05, 0.1) is 5.92 Å². The molecule has 2 heteroatoms. The van der Waals surface area contributed by atoms with Crippen molar-refractivity contribution in [2.75, 3.05) is 0 Å². The number of hydrogen-bond acceptors (Lipinski definition) is 2. The first-order valence-electron chi connectivity index (χ1n) is 7.21. The molecule has 108 valence electrons. The molecule has 0 N–H and O–H groups in total. The van der Waals surface area contributed by atoms with Gasteiger partial charge in [-0.2, -0.15) is 0 Å². The zero-order valence-corrected chi connectivity index (χ0v) is 12.9. The Kier molecular flexibility index (Phi) is 4.71. The normalized spacial score (nSPS) is 10.6. The Labute approximate surface area is 135 Å². The molecule has 3 aromatic rings. The third kappa shape index (κ3) is 3.46. The fraction of sp³-hybridized carbons (Fsp3) is 0.0500. The predicted molar refractivity (Wildman–Crippen MR) is 92.0 cm³/mol. The van der Waals surface area contributed by atoms with Crippen LogP contribution in [0.3, 0.4) is 0 Å². The van der Waals surface area contributed by atoms with Crippen molar-refractivity contribution in [1.82, 2.24) is 0 Å². The molecule has 0 aliphatic heterocycles. The van der Waals surface area contributed by atoms with Crippen molar-refractivity contribution in [2.45, 2.75) is 10.8 Å². The van der Waals surface area contributed by atoms with Crippen LogP contribution >= 0.6 is 11.8 Å². The second-order valence-corrected chi connectivity index (χ2v) is 6.07. The van der Waals surface area contributed by atoms with Crippen LogP contribution < -0.4 is 0 Å². The van der Waals surface area contributed by atoms with Crippen molar-refractivity contribution in [3.05, 3.63) is 102 Å². The summed E-state index contributed by atoms with van der Waals surface area (Å²) in [6.07, 6.45) is 0. The average Bonchev–Trinajstić information content (AvgIpc) is 2.58. The first-order valence-corrected chi connectivity index (χ1v) is 8.03. The van der Waals surface area contributed by atoms with Gasteiger partial charge >= 0.3 is 0 Å². The Morgan fingerprint density at radius 3 is 1.50 bits per heavy atom. The van der Waals surface area contributed by atoms with Crippen LogP contribution in [-0.2, 0) is 4.79 Å². The van der Waals surface area contributed by atoms with E-state index < -0.39 is 0 Å². The molecule has 0 radical (unpaired) electrons. The summed E-state index contributed by atoms with van der Waals surface area (Å²) in [6, 6.07) is 29.7. The first kappa shape index (κ1) is 14.6. The first-order chi connectivity index (χ1) is 10.8. The molecule has 0 bridgehead atoms. The quantitative estimate of drug-likeness (QED) is 0.621. The van der Waals surface area contributed by atoms with Crippen LogP contribution in [0.25, 0.3) is 0 Å². The SMILES string of the molecule is O=C(Sc1ccccc1)C(c1ccccc1)c1ccccc1. The molecule has 0 heterocycles. The lowest BCUT2D eigenvalue weighted by Crippen LogP contribution is -2.10. The van der Waals surface area contributed by atoms with Gasteiger partial charge < -0.3 is 0 Å². The van der Waals surface area contributed by atoms with Crippen molar-refractivity contribution in [3.63, 3.8) is 0 Å². The molecule has 0 unspecified atom stereocenters. The largest absolute Gasteiger partial charge is 0.286 e. The fourth-order valence-electron chi connectivity index (χ4n) is 2.42. The third-order valence-electron chi connectivity index (χ3n) is 3.46. The lowest BCUT2D eigenvalue weighted by Gasteiger charge is -2.16. The fourth-order valence-corrected chi connectivity index (χ4v) is 3.33. The molecule has 0 spiro atoms. The summed E-state index contributed by atoms with van der Waals surface area (Å²) in [7, 11) is 0. The Bertz CT molecular complexity index is 684. The topological polar surface area (TPSA) is 17.1 Å². The van der Waals surface area contributed by atoms with E-state index in [9.17, 15) is 4.79 Å². The highest BCUT2D eigenvalue weighted by Crippen LogP contribution is 2.32. The zero-order valence-electron chi connectivity index (χ0n) is 12.1. The van der Waals surface area contributed by atoms with Gasteiger partial charge in [0.15, 0.2) is 0 Å². The zero-order chi connectivity index (χ0) is 15.2. The molecule has 0 saturated heterocycles. The molecule has 0 aromatic heterocycles. The second kappa shape index (κ2) is 7.10. The molecule has 0 atom stereocenters. The van der Waals surface area contributed by atoms with Crippen molar-refractivity contribution in [3.8, 4) is 0 Å². The van der Waals surface area contributed by atoms with Crippen molar-refractivity contribution in [1.29, 1.82) is 0 Å². The van der Waals surface area contributed by atoms with E-state index in [4.69, 9.17) is 0 Å². The molecule has 0 aliphatic carbocycles. The summed E-state index contributed by atoms with van der Waals surface area (Å²) in [6.45, 7) is 0. The van der Waals surface area contributed by atoms with E-state index in [1.165, 1.54) is 11.8 Å². The van der Waals surface area contributed by atoms with Gasteiger partial charge in [-0.05, 0) is 23.3 Å². The van der Waals surface area contributed by atoms with E-state index in [1.807, 2.05) is 91.0 Å². The predicted octanol–water partition coefficient (Wildman–Crippen LogP) is 5.14. The molecule has 0 fully saturated rings. The maximum Gasteiger partial charge on any atom is 0.205 e. The van der Waals surface area contributed by atoms with E-state index in [2.05, 4.69) is 0 Å². The summed E-state index contributed by atoms with van der Waals surface area (Å²) in [4.78, 5) is 13.9. The maximum absolute atomic E-state index is 12.9. The Morgan fingerprint density at radius 2 is 1.05 bits per heavy atom. The summed E-state index contributed by atoms with van der Waals surface area (Å²) in [5.41, 5.74) is 2.06. The van der Waals surface area contributed by atoms with E-state index in [0.717, 1.165) is 16.0 Å². The van der Waals surface area contributed by atoms with Crippen molar-refractivity contribution < 1.29 is 4.79 Å². The number of carbonyl (C=O) groups excluding carboxylic acids is 1. The van der Waals surface area contributed by atoms with Gasteiger partial charge in [-0.1, -0.05) is 90.6 Å². The number of rotatable bonds is 4. The van der Waals surface area contributed by atoms with Crippen LogP contribution in [0.15, 0.2) is 95.9 Å². The molecule has 3 aromatic carbocycles. The number of thioether (sulfide) groups is 1. The smallest absolute Gasteiger partial charge is 0.205 e. The lowest BCUT2D eigenvalue weighted by molar-refractivity contribution is -0.111. The van der Waals surface area contributed by atoms with E-state index >= 15 is 0 Å². The molecule has 1 nitrogen and oxygen atoms in total. The molecular weight excluding hydrogens is 288 g/mol. The summed E-state index contributed by atoms with van der Waals surface area (Å²) in [5.74, 6) is -0.243. The molecule has 0 amide bonds. The van der Waals surface area contributed by atoms with Gasteiger partial charge in [0.1, 0.15) is 0 Å². The van der Waals surface area contributed by atoms with Crippen LogP contribution in [0.5, 0.6) is 0 Å². The van der Waals surface area contributed by atoms with Crippen LogP contribution in [-0.4, -0.2) is 5.12 Å². The highest BCUT2D eigenvalue weighted by atomic mass is 32.2. The highest BCUT2D eigenvalue weighted by Gasteiger charge is 2.23. The Morgan fingerprint density at radius 1 is 0.636 bits per heavy atom. The third-order valence-corrected chi connectivity index (χ3v) is 4.41. The van der Waals surface area contributed by atoms with E-state index in [1.54, 1.807) is 0 Å². The molecule has 3 rings (SSSR count). The summed E-state index contributed by atoms with van der Waals surface area (Å²) in [5, 5.41) is 0.142. The van der Waals surface area contributed by atoms with Crippen LogP contribution in [0, 0.1) is 0 Å². The van der Waals surface area contributed by atoms with Gasteiger partial charge in [-0.15, -0.1) is 0 Å². The lowest BCUT2D eigenvalue weighted by atomic mass is 9.92. The average molecular weight is 304 g/mol. The minimum absolute atomic E-state index is 0.142. The Balaban J connectivity index is 1.94. The van der Waals surface area contributed by atoms with Crippen LogP contribution in [0.1, 0.15) is 17.0 Å². The molecule has 0 aliphatic rings. The Hall–Kier alpha value is -2.32. The minimum atomic E-state index is -0.243. The van der Waals surface area contributed by atoms with Gasteiger partial charge in [0.2, 0.25) is 5.12 Å².